The highest BCUT2D eigenvalue weighted by Crippen LogP contribution is 2.33. The van der Waals surface area contributed by atoms with Crippen LogP contribution >= 0.6 is 11.6 Å². The van der Waals surface area contributed by atoms with Crippen LogP contribution in [0.1, 0.15) is 21.6 Å². The molecule has 3 N–H and O–H groups in total. The zero-order chi connectivity index (χ0) is 18.3. The van der Waals surface area contributed by atoms with Gasteiger partial charge in [0.15, 0.2) is 11.6 Å². The van der Waals surface area contributed by atoms with Crippen molar-refractivity contribution < 1.29 is 19.1 Å². The summed E-state index contributed by atoms with van der Waals surface area (Å²) in [6, 6.07) is 8.94. The molecule has 0 atom stereocenters. The smallest absolute Gasteiger partial charge is 0.262 e. The lowest BCUT2D eigenvalue weighted by Crippen LogP contribution is -2.16. The number of aromatic hydroxyl groups is 1. The Bertz CT molecular complexity index is 1030. The number of carbonyl (C=O) groups excluding carboxylic acids is 2. The number of hydrogen-bond acceptors (Lipinski definition) is 3. The van der Waals surface area contributed by atoms with Gasteiger partial charge in [0.1, 0.15) is 0 Å². The van der Waals surface area contributed by atoms with E-state index in [0.717, 1.165) is 6.07 Å². The second kappa shape index (κ2) is 6.22. The van der Waals surface area contributed by atoms with Crippen LogP contribution in [0.25, 0.3) is 10.9 Å². The van der Waals surface area contributed by atoms with E-state index in [1.54, 1.807) is 25.1 Å². The van der Waals surface area contributed by atoms with Crippen LogP contribution in [-0.2, 0) is 11.2 Å². The van der Waals surface area contributed by atoms with Gasteiger partial charge in [0.2, 0.25) is 5.91 Å². The number of aromatic nitrogens is 1. The summed E-state index contributed by atoms with van der Waals surface area (Å²) in [7, 11) is 0. The van der Waals surface area contributed by atoms with Crippen LogP contribution in [0.2, 0.25) is 5.02 Å². The molecule has 1 heterocycles. The third-order valence-electron chi connectivity index (χ3n) is 4.04. The Morgan fingerprint density at radius 2 is 2.00 bits per heavy atom. The number of phenolic OH excluding ortho intramolecular Hbond substituents is 1. The number of nitrogens with zero attached hydrogens (tertiary/aromatic N) is 1. The largest absolute Gasteiger partial charge is 0.505 e. The number of fused-ring (bicyclic) bond motifs is 1. The van der Waals surface area contributed by atoms with Crippen LogP contribution < -0.4 is 5.73 Å². The molecule has 2 aromatic carbocycles. The Balaban J connectivity index is 2.32. The van der Waals surface area contributed by atoms with E-state index in [0.29, 0.717) is 16.3 Å². The molecule has 0 unspecified atom stereocenters. The number of amides is 1. The van der Waals surface area contributed by atoms with Crippen LogP contribution in [0.4, 0.5) is 4.39 Å². The average Bonchev–Trinajstić information content (AvgIpc) is 2.82. The maximum atomic E-state index is 14.5. The first-order valence-electron chi connectivity index (χ1n) is 7.41. The Labute approximate surface area is 147 Å². The standard InChI is InChI=1S/C18H14ClFN2O3/c1-9-12(8-15(21)24)16-13(5-6-14(23)17(16)20)22(9)18(25)10-3-2-4-11(19)7-10/h2-7,23H,8H2,1H3,(H2,21,24). The van der Waals surface area contributed by atoms with Gasteiger partial charge in [0.05, 0.1) is 11.9 Å². The highest BCUT2D eigenvalue weighted by Gasteiger charge is 2.24. The summed E-state index contributed by atoms with van der Waals surface area (Å²) in [5.41, 5.74) is 6.46. The normalized spacial score (nSPS) is 11.0. The Morgan fingerprint density at radius 1 is 1.28 bits per heavy atom. The lowest BCUT2D eigenvalue weighted by molar-refractivity contribution is -0.117. The number of nitrogens with two attached hydrogens (primary N) is 1. The monoisotopic (exact) mass is 360 g/mol. The third kappa shape index (κ3) is 2.85. The fourth-order valence-corrected chi connectivity index (χ4v) is 3.12. The highest BCUT2D eigenvalue weighted by atomic mass is 35.5. The molecule has 0 aliphatic carbocycles. The summed E-state index contributed by atoms with van der Waals surface area (Å²) in [6.07, 6.45) is -0.251. The second-order valence-corrected chi connectivity index (χ2v) is 6.09. The van der Waals surface area contributed by atoms with E-state index in [9.17, 15) is 19.1 Å². The van der Waals surface area contributed by atoms with Crippen LogP contribution in [0, 0.1) is 12.7 Å². The molecule has 128 valence electrons. The minimum atomic E-state index is -0.894. The van der Waals surface area contributed by atoms with Gasteiger partial charge in [-0.2, -0.15) is 0 Å². The predicted molar refractivity (Wildman–Crippen MR) is 92.4 cm³/mol. The van der Waals surface area contributed by atoms with Gasteiger partial charge in [-0.1, -0.05) is 17.7 Å². The number of halogens is 2. The van der Waals surface area contributed by atoms with Crippen molar-refractivity contribution in [2.45, 2.75) is 13.3 Å². The SMILES string of the molecule is Cc1c(CC(N)=O)c2c(F)c(O)ccc2n1C(=O)c1cccc(Cl)c1. The zero-order valence-corrected chi connectivity index (χ0v) is 14.0. The molecule has 0 radical (unpaired) electrons. The maximum Gasteiger partial charge on any atom is 0.262 e. The van der Waals surface area contributed by atoms with Crippen molar-refractivity contribution in [2.24, 2.45) is 5.73 Å². The molecular weight excluding hydrogens is 347 g/mol. The highest BCUT2D eigenvalue weighted by molar-refractivity contribution is 6.31. The molecule has 7 heteroatoms. The molecular formula is C18H14ClFN2O3. The molecule has 0 saturated carbocycles. The first kappa shape index (κ1) is 17.0. The number of carbonyl (C=O) groups is 2. The lowest BCUT2D eigenvalue weighted by atomic mass is 10.1. The van der Waals surface area contributed by atoms with Crippen molar-refractivity contribution in [3.05, 3.63) is 64.1 Å². The van der Waals surface area contributed by atoms with Crippen molar-refractivity contribution >= 4 is 34.3 Å². The number of primary amides is 1. The topological polar surface area (TPSA) is 85.3 Å². The summed E-state index contributed by atoms with van der Waals surface area (Å²) >= 11 is 5.94. The van der Waals surface area contributed by atoms with Gasteiger partial charge in [0, 0.05) is 21.7 Å². The predicted octanol–water partition coefficient (Wildman–Crippen LogP) is 3.16. The molecule has 0 fully saturated rings. The van der Waals surface area contributed by atoms with E-state index in [-0.39, 0.29) is 22.9 Å². The second-order valence-electron chi connectivity index (χ2n) is 5.65. The lowest BCUT2D eigenvalue weighted by Gasteiger charge is -2.08. The number of phenols is 1. The summed E-state index contributed by atoms with van der Waals surface area (Å²) in [5, 5.41) is 10.1. The van der Waals surface area contributed by atoms with Gasteiger partial charge in [-0.25, -0.2) is 4.39 Å². The third-order valence-corrected chi connectivity index (χ3v) is 4.28. The van der Waals surface area contributed by atoms with Crippen molar-refractivity contribution in [1.29, 1.82) is 0 Å². The Kier molecular flexibility index (Phi) is 4.22. The van der Waals surface area contributed by atoms with E-state index in [1.807, 2.05) is 0 Å². The van der Waals surface area contributed by atoms with Crippen molar-refractivity contribution in [3.8, 4) is 5.75 Å². The van der Waals surface area contributed by atoms with Crippen molar-refractivity contribution in [1.82, 2.24) is 4.57 Å². The van der Waals surface area contributed by atoms with Crippen LogP contribution in [0.15, 0.2) is 36.4 Å². The van der Waals surface area contributed by atoms with E-state index in [2.05, 4.69) is 0 Å². The molecule has 0 aliphatic rings. The summed E-state index contributed by atoms with van der Waals surface area (Å²) in [6.45, 7) is 1.59. The van der Waals surface area contributed by atoms with Crippen LogP contribution in [0.3, 0.4) is 0 Å². The molecule has 3 aromatic rings. The molecule has 25 heavy (non-hydrogen) atoms. The van der Waals surface area contributed by atoms with Gasteiger partial charge in [-0.15, -0.1) is 0 Å². The Hall–Kier alpha value is -2.86. The first-order chi connectivity index (χ1) is 11.8. The Morgan fingerprint density at radius 3 is 2.64 bits per heavy atom. The molecule has 0 aliphatic heterocycles. The first-order valence-corrected chi connectivity index (χ1v) is 7.79. The minimum absolute atomic E-state index is 0.00618. The minimum Gasteiger partial charge on any atom is -0.505 e. The van der Waals surface area contributed by atoms with E-state index in [4.69, 9.17) is 17.3 Å². The van der Waals surface area contributed by atoms with Gasteiger partial charge in [-0.3, -0.25) is 14.2 Å². The molecule has 1 amide bonds. The van der Waals surface area contributed by atoms with E-state index < -0.39 is 23.4 Å². The van der Waals surface area contributed by atoms with E-state index >= 15 is 0 Å². The summed E-state index contributed by atoms with van der Waals surface area (Å²) < 4.78 is 15.8. The average molecular weight is 361 g/mol. The number of hydrogen-bond donors (Lipinski definition) is 2. The zero-order valence-electron chi connectivity index (χ0n) is 13.2. The molecule has 1 aromatic heterocycles. The molecule has 0 spiro atoms. The molecule has 0 saturated heterocycles. The van der Waals surface area contributed by atoms with Crippen LogP contribution in [-0.4, -0.2) is 21.5 Å². The quantitative estimate of drug-likeness (QED) is 0.752. The molecule has 3 rings (SSSR count). The fraction of sp³-hybridized carbons (Fsp3) is 0.111. The number of rotatable bonds is 3. The van der Waals surface area contributed by atoms with Gasteiger partial charge >= 0.3 is 0 Å². The summed E-state index contributed by atoms with van der Waals surface area (Å²) in [4.78, 5) is 24.3. The molecule has 0 bridgehead atoms. The van der Waals surface area contributed by atoms with Gasteiger partial charge in [0.25, 0.3) is 5.91 Å². The van der Waals surface area contributed by atoms with Crippen molar-refractivity contribution in [3.63, 3.8) is 0 Å². The van der Waals surface area contributed by atoms with E-state index in [1.165, 1.54) is 16.7 Å². The van der Waals surface area contributed by atoms with Crippen molar-refractivity contribution in [2.75, 3.05) is 0 Å². The van der Waals surface area contributed by atoms with Crippen LogP contribution in [0.5, 0.6) is 5.75 Å². The molecule has 5 nitrogen and oxygen atoms in total. The maximum absolute atomic E-state index is 14.5. The summed E-state index contributed by atoms with van der Waals surface area (Å²) in [5.74, 6) is -2.55. The fourth-order valence-electron chi connectivity index (χ4n) is 2.93. The van der Waals surface area contributed by atoms with Gasteiger partial charge < -0.3 is 10.8 Å². The van der Waals surface area contributed by atoms with Gasteiger partial charge in [-0.05, 0) is 42.8 Å². The number of benzene rings is 2.